The molecule has 1 saturated heterocycles. The summed E-state index contributed by atoms with van der Waals surface area (Å²) in [6.45, 7) is 0.113. The number of amides is 1. The number of aromatic nitrogens is 3. The van der Waals surface area contributed by atoms with Gasteiger partial charge in [0.2, 0.25) is 0 Å². The summed E-state index contributed by atoms with van der Waals surface area (Å²) in [5, 5.41) is 6.57. The average Bonchev–Trinajstić information content (AvgIpc) is 3.16. The van der Waals surface area contributed by atoms with Gasteiger partial charge >= 0.3 is 6.18 Å². The van der Waals surface area contributed by atoms with Gasteiger partial charge in [-0.05, 0) is 31.0 Å². The number of aryl methyl sites for hydroxylation is 1. The molecule has 0 aliphatic carbocycles. The van der Waals surface area contributed by atoms with Crippen LogP contribution in [0.4, 0.5) is 13.2 Å². The van der Waals surface area contributed by atoms with Crippen LogP contribution in [0.15, 0.2) is 24.4 Å². The van der Waals surface area contributed by atoms with Crippen molar-refractivity contribution in [3.8, 4) is 11.4 Å². The topological polar surface area (TPSA) is 53.9 Å². The number of alkyl halides is 3. The molecule has 8 heteroatoms. The van der Waals surface area contributed by atoms with Crippen LogP contribution in [-0.2, 0) is 7.05 Å². The van der Waals surface area contributed by atoms with Gasteiger partial charge in [0.15, 0.2) is 0 Å². The third-order valence-electron chi connectivity index (χ3n) is 3.91. The van der Waals surface area contributed by atoms with Crippen molar-refractivity contribution in [2.24, 2.45) is 7.05 Å². The third-order valence-corrected chi connectivity index (χ3v) is 3.91. The maximum absolute atomic E-state index is 12.9. The Hall–Kier alpha value is -2.25. The fourth-order valence-electron chi connectivity index (χ4n) is 2.79. The van der Waals surface area contributed by atoms with Crippen LogP contribution in [0, 0.1) is 0 Å². The van der Waals surface area contributed by atoms with Crippen LogP contribution in [-0.4, -0.2) is 44.3 Å². The molecule has 3 heterocycles. The van der Waals surface area contributed by atoms with Gasteiger partial charge in [-0.2, -0.15) is 18.3 Å². The summed E-state index contributed by atoms with van der Waals surface area (Å²) < 4.78 is 40.7. The van der Waals surface area contributed by atoms with Crippen LogP contribution in [0.1, 0.15) is 23.3 Å². The van der Waals surface area contributed by atoms with Gasteiger partial charge < -0.3 is 9.47 Å². The molecule has 0 saturated carbocycles. The maximum atomic E-state index is 12.9. The molecular weight excluding hydrogens is 297 g/mol. The largest absolute Gasteiger partial charge is 0.408 e. The molecule has 0 aromatic carbocycles. The van der Waals surface area contributed by atoms with E-state index in [-0.39, 0.29) is 18.7 Å². The molecule has 3 rings (SSSR count). The summed E-state index contributed by atoms with van der Waals surface area (Å²) >= 11 is 0. The minimum absolute atomic E-state index is 0.0476. The molecule has 1 aliphatic rings. The number of hydrogen-bond acceptors (Lipinski definition) is 2. The second-order valence-corrected chi connectivity index (χ2v) is 5.37. The molecule has 1 amide bonds. The van der Waals surface area contributed by atoms with E-state index in [1.54, 1.807) is 0 Å². The summed E-state index contributed by atoms with van der Waals surface area (Å²) in [7, 11) is 1.83. The van der Waals surface area contributed by atoms with E-state index in [4.69, 9.17) is 0 Å². The predicted octanol–water partition coefficient (Wildman–Crippen LogP) is 2.58. The van der Waals surface area contributed by atoms with Crippen molar-refractivity contribution < 1.29 is 18.0 Å². The standard InChI is InChI=1S/C14H15F3N4O/c1-20-6-2-4-11(20)9-8-10(19-18-9)13(22)21-7-3-5-12(21)14(15,16)17/h2,4,6,8,12H,3,5,7H2,1H3,(H,18,19)/t12-/m1/s1. The molecule has 0 spiro atoms. The molecule has 0 radical (unpaired) electrons. The van der Waals surface area contributed by atoms with E-state index in [1.165, 1.54) is 6.07 Å². The highest BCUT2D eigenvalue weighted by molar-refractivity contribution is 5.93. The first-order valence-corrected chi connectivity index (χ1v) is 6.92. The Kier molecular flexibility index (Phi) is 3.46. The monoisotopic (exact) mass is 312 g/mol. The minimum atomic E-state index is -4.40. The highest BCUT2D eigenvalue weighted by Crippen LogP contribution is 2.33. The first kappa shape index (κ1) is 14.7. The fourth-order valence-corrected chi connectivity index (χ4v) is 2.79. The quantitative estimate of drug-likeness (QED) is 0.926. The van der Waals surface area contributed by atoms with Crippen LogP contribution in [0.2, 0.25) is 0 Å². The smallest absolute Gasteiger partial charge is 0.349 e. The Morgan fingerprint density at radius 2 is 2.23 bits per heavy atom. The van der Waals surface area contributed by atoms with Gasteiger partial charge in [-0.1, -0.05) is 0 Å². The van der Waals surface area contributed by atoms with E-state index < -0.39 is 18.1 Å². The van der Waals surface area contributed by atoms with Crippen LogP contribution < -0.4 is 0 Å². The average molecular weight is 312 g/mol. The normalized spacial score (nSPS) is 18.9. The van der Waals surface area contributed by atoms with Gasteiger partial charge in [0, 0.05) is 19.8 Å². The highest BCUT2D eigenvalue weighted by Gasteiger charge is 2.48. The molecule has 2 aromatic rings. The lowest BCUT2D eigenvalue weighted by Gasteiger charge is -2.25. The first-order valence-electron chi connectivity index (χ1n) is 6.92. The maximum Gasteiger partial charge on any atom is 0.408 e. The van der Waals surface area contributed by atoms with Crippen molar-refractivity contribution in [2.45, 2.75) is 25.1 Å². The van der Waals surface area contributed by atoms with Crippen molar-refractivity contribution >= 4 is 5.91 Å². The molecule has 0 bridgehead atoms. The van der Waals surface area contributed by atoms with Crippen molar-refractivity contribution in [2.75, 3.05) is 6.54 Å². The van der Waals surface area contributed by atoms with Gasteiger partial charge in [-0.3, -0.25) is 9.89 Å². The summed E-state index contributed by atoms with van der Waals surface area (Å²) in [5.74, 6) is -0.659. The minimum Gasteiger partial charge on any atom is -0.349 e. The zero-order chi connectivity index (χ0) is 15.9. The third kappa shape index (κ3) is 2.49. The Bertz CT molecular complexity index is 688. The lowest BCUT2D eigenvalue weighted by atomic mass is 10.2. The summed E-state index contributed by atoms with van der Waals surface area (Å²) in [6.07, 6.45) is -2.26. The molecule has 22 heavy (non-hydrogen) atoms. The van der Waals surface area contributed by atoms with Crippen molar-refractivity contribution in [1.29, 1.82) is 0 Å². The van der Waals surface area contributed by atoms with Gasteiger partial charge in [0.05, 0.1) is 5.69 Å². The number of rotatable bonds is 2. The Morgan fingerprint density at radius 3 is 2.86 bits per heavy atom. The Labute approximate surface area is 124 Å². The Balaban J connectivity index is 1.84. The molecule has 118 valence electrons. The number of H-pyrrole nitrogens is 1. The number of carbonyl (C=O) groups excluding carboxylic acids is 1. The Morgan fingerprint density at radius 1 is 1.45 bits per heavy atom. The second-order valence-electron chi connectivity index (χ2n) is 5.37. The zero-order valence-electron chi connectivity index (χ0n) is 11.9. The van der Waals surface area contributed by atoms with E-state index in [2.05, 4.69) is 10.2 Å². The number of likely N-dealkylation sites (tertiary alicyclic amines) is 1. The van der Waals surface area contributed by atoms with Crippen molar-refractivity contribution in [3.63, 3.8) is 0 Å². The summed E-state index contributed by atoms with van der Waals surface area (Å²) in [5.41, 5.74) is 1.38. The van der Waals surface area contributed by atoms with Crippen molar-refractivity contribution in [1.82, 2.24) is 19.7 Å². The SMILES string of the molecule is Cn1cccc1-c1cc(C(=O)N2CCC[C@@H]2C(F)(F)F)[nH]n1. The van der Waals surface area contributed by atoms with Gasteiger partial charge in [0.1, 0.15) is 17.4 Å². The van der Waals surface area contributed by atoms with E-state index >= 15 is 0 Å². The lowest BCUT2D eigenvalue weighted by Crippen LogP contribution is -2.44. The lowest BCUT2D eigenvalue weighted by molar-refractivity contribution is -0.169. The van der Waals surface area contributed by atoms with Gasteiger partial charge in [0.25, 0.3) is 5.91 Å². The summed E-state index contributed by atoms with van der Waals surface area (Å²) in [4.78, 5) is 13.2. The number of nitrogens with one attached hydrogen (secondary N) is 1. The van der Waals surface area contributed by atoms with Crippen LogP contribution in [0.25, 0.3) is 11.4 Å². The van der Waals surface area contributed by atoms with Crippen LogP contribution in [0.3, 0.4) is 0 Å². The number of aromatic amines is 1. The predicted molar refractivity (Wildman–Crippen MR) is 73.1 cm³/mol. The molecule has 0 unspecified atom stereocenters. The molecule has 5 nitrogen and oxygen atoms in total. The van der Waals surface area contributed by atoms with E-state index in [0.29, 0.717) is 12.1 Å². The molecule has 1 aliphatic heterocycles. The van der Waals surface area contributed by atoms with E-state index in [9.17, 15) is 18.0 Å². The highest BCUT2D eigenvalue weighted by atomic mass is 19.4. The van der Waals surface area contributed by atoms with Gasteiger partial charge in [-0.25, -0.2) is 0 Å². The molecular formula is C14H15F3N4O. The van der Waals surface area contributed by atoms with Crippen molar-refractivity contribution in [3.05, 3.63) is 30.1 Å². The summed E-state index contributed by atoms with van der Waals surface area (Å²) in [6, 6.07) is 3.43. The fraction of sp³-hybridized carbons (Fsp3) is 0.429. The van der Waals surface area contributed by atoms with E-state index in [1.807, 2.05) is 29.9 Å². The van der Waals surface area contributed by atoms with Gasteiger partial charge in [-0.15, -0.1) is 0 Å². The molecule has 1 fully saturated rings. The zero-order valence-corrected chi connectivity index (χ0v) is 11.9. The first-order chi connectivity index (χ1) is 10.4. The van der Waals surface area contributed by atoms with E-state index in [0.717, 1.165) is 10.6 Å². The number of nitrogens with zero attached hydrogens (tertiary/aromatic N) is 3. The van der Waals surface area contributed by atoms with Crippen LogP contribution >= 0.6 is 0 Å². The number of halogens is 3. The number of carbonyl (C=O) groups is 1. The second kappa shape index (κ2) is 5.19. The number of hydrogen-bond donors (Lipinski definition) is 1. The molecule has 2 aromatic heterocycles. The molecule has 1 N–H and O–H groups in total. The van der Waals surface area contributed by atoms with Crippen LogP contribution in [0.5, 0.6) is 0 Å². The molecule has 1 atom stereocenters.